The highest BCUT2D eigenvalue weighted by molar-refractivity contribution is 6.11. The van der Waals surface area contributed by atoms with Gasteiger partial charge in [-0.2, -0.15) is 0 Å². The number of hydrogen-bond acceptors (Lipinski definition) is 3. The van der Waals surface area contributed by atoms with E-state index >= 15 is 0 Å². The zero-order valence-electron chi connectivity index (χ0n) is 11.1. The first-order chi connectivity index (χ1) is 9.08. The van der Waals surface area contributed by atoms with E-state index in [1.54, 1.807) is 36.4 Å². The van der Waals surface area contributed by atoms with E-state index in [-0.39, 0.29) is 11.9 Å². The largest absolute Gasteiger partial charge is 0.490 e. The van der Waals surface area contributed by atoms with Gasteiger partial charge in [0.1, 0.15) is 5.75 Å². The van der Waals surface area contributed by atoms with E-state index in [1.807, 2.05) is 26.0 Å². The zero-order chi connectivity index (χ0) is 13.8. The number of ketones is 1. The summed E-state index contributed by atoms with van der Waals surface area (Å²) in [6.45, 7) is 3.86. The van der Waals surface area contributed by atoms with E-state index in [9.17, 15) is 4.79 Å². The molecular weight excluding hydrogens is 238 g/mol. The van der Waals surface area contributed by atoms with Crippen molar-refractivity contribution < 1.29 is 9.53 Å². The van der Waals surface area contributed by atoms with Crippen LogP contribution in [0.4, 0.5) is 5.69 Å². The Bertz CT molecular complexity index is 591. The van der Waals surface area contributed by atoms with Crippen LogP contribution in [-0.2, 0) is 0 Å². The molecular formula is C16H17NO2. The molecule has 0 heterocycles. The summed E-state index contributed by atoms with van der Waals surface area (Å²) < 4.78 is 5.67. The standard InChI is InChI=1S/C16H17NO2/c1-11(2)19-15-9-4-3-8-14(15)16(18)12-6-5-7-13(17)10-12/h3-11H,17H2,1-2H3. The lowest BCUT2D eigenvalue weighted by Crippen LogP contribution is -2.10. The number of benzene rings is 2. The van der Waals surface area contributed by atoms with Gasteiger partial charge in [-0.15, -0.1) is 0 Å². The summed E-state index contributed by atoms with van der Waals surface area (Å²) in [5.41, 5.74) is 7.41. The molecule has 19 heavy (non-hydrogen) atoms. The molecule has 0 saturated heterocycles. The molecule has 3 nitrogen and oxygen atoms in total. The molecule has 0 amide bonds. The Hall–Kier alpha value is -2.29. The maximum Gasteiger partial charge on any atom is 0.196 e. The number of hydrogen-bond donors (Lipinski definition) is 1. The summed E-state index contributed by atoms with van der Waals surface area (Å²) in [4.78, 5) is 12.5. The van der Waals surface area contributed by atoms with Crippen molar-refractivity contribution in [1.82, 2.24) is 0 Å². The smallest absolute Gasteiger partial charge is 0.196 e. The molecule has 0 unspecified atom stereocenters. The average molecular weight is 255 g/mol. The van der Waals surface area contributed by atoms with Gasteiger partial charge in [-0.05, 0) is 38.1 Å². The van der Waals surface area contributed by atoms with Crippen LogP contribution < -0.4 is 10.5 Å². The number of rotatable bonds is 4. The molecule has 0 aliphatic carbocycles. The lowest BCUT2D eigenvalue weighted by atomic mass is 10.0. The Balaban J connectivity index is 2.39. The van der Waals surface area contributed by atoms with Crippen LogP contribution in [0.2, 0.25) is 0 Å². The Morgan fingerprint density at radius 2 is 1.84 bits per heavy atom. The van der Waals surface area contributed by atoms with Crippen molar-refractivity contribution in [1.29, 1.82) is 0 Å². The Morgan fingerprint density at radius 1 is 1.11 bits per heavy atom. The predicted molar refractivity (Wildman–Crippen MR) is 76.5 cm³/mol. The number of nitrogens with two attached hydrogens (primary N) is 1. The van der Waals surface area contributed by atoms with Gasteiger partial charge < -0.3 is 10.5 Å². The highest BCUT2D eigenvalue weighted by Gasteiger charge is 2.15. The van der Waals surface area contributed by atoms with Gasteiger partial charge in [0.25, 0.3) is 0 Å². The fraction of sp³-hybridized carbons (Fsp3) is 0.188. The molecule has 0 radical (unpaired) electrons. The number of anilines is 1. The molecule has 0 aliphatic heterocycles. The van der Waals surface area contributed by atoms with Crippen LogP contribution in [-0.4, -0.2) is 11.9 Å². The van der Waals surface area contributed by atoms with E-state index in [2.05, 4.69) is 0 Å². The second-order valence-electron chi connectivity index (χ2n) is 4.62. The highest BCUT2D eigenvalue weighted by atomic mass is 16.5. The van der Waals surface area contributed by atoms with Crippen LogP contribution in [0, 0.1) is 0 Å². The third-order valence-corrected chi connectivity index (χ3v) is 2.64. The number of nitrogen functional groups attached to an aromatic ring is 1. The molecule has 0 saturated carbocycles. The number of ether oxygens (including phenoxy) is 1. The molecule has 0 bridgehead atoms. The Labute approximate surface area is 113 Å². The third-order valence-electron chi connectivity index (χ3n) is 2.64. The molecule has 0 aromatic heterocycles. The van der Waals surface area contributed by atoms with Gasteiger partial charge in [0, 0.05) is 11.3 Å². The quantitative estimate of drug-likeness (QED) is 0.673. The highest BCUT2D eigenvalue weighted by Crippen LogP contribution is 2.23. The lowest BCUT2D eigenvalue weighted by molar-refractivity contribution is 0.103. The van der Waals surface area contributed by atoms with Crippen LogP contribution in [0.5, 0.6) is 5.75 Å². The molecule has 2 aromatic carbocycles. The molecule has 0 atom stereocenters. The van der Waals surface area contributed by atoms with E-state index in [1.165, 1.54) is 0 Å². The molecule has 2 aromatic rings. The maximum atomic E-state index is 12.5. The van der Waals surface area contributed by atoms with E-state index in [0.717, 1.165) is 0 Å². The zero-order valence-corrected chi connectivity index (χ0v) is 11.1. The number of carbonyl (C=O) groups is 1. The van der Waals surface area contributed by atoms with Crippen molar-refractivity contribution >= 4 is 11.5 Å². The van der Waals surface area contributed by atoms with Crippen molar-refractivity contribution in [2.75, 3.05) is 5.73 Å². The summed E-state index contributed by atoms with van der Waals surface area (Å²) >= 11 is 0. The third kappa shape index (κ3) is 3.13. The minimum Gasteiger partial charge on any atom is -0.490 e. The molecule has 98 valence electrons. The molecule has 0 fully saturated rings. The summed E-state index contributed by atoms with van der Waals surface area (Å²) in [5, 5.41) is 0. The average Bonchev–Trinajstić information content (AvgIpc) is 2.38. The van der Waals surface area contributed by atoms with Crippen molar-refractivity contribution in [2.45, 2.75) is 20.0 Å². The van der Waals surface area contributed by atoms with Gasteiger partial charge in [-0.1, -0.05) is 24.3 Å². The van der Waals surface area contributed by atoms with Gasteiger partial charge in [-0.3, -0.25) is 4.79 Å². The Kier molecular flexibility index (Phi) is 3.85. The number of para-hydroxylation sites is 1. The van der Waals surface area contributed by atoms with Crippen molar-refractivity contribution in [3.63, 3.8) is 0 Å². The van der Waals surface area contributed by atoms with E-state index in [4.69, 9.17) is 10.5 Å². The second-order valence-corrected chi connectivity index (χ2v) is 4.62. The van der Waals surface area contributed by atoms with Crippen LogP contribution >= 0.6 is 0 Å². The van der Waals surface area contributed by atoms with Gasteiger partial charge in [0.2, 0.25) is 0 Å². The summed E-state index contributed by atoms with van der Waals surface area (Å²) in [6.07, 6.45) is 0.0230. The van der Waals surface area contributed by atoms with Gasteiger partial charge in [0.05, 0.1) is 11.7 Å². The summed E-state index contributed by atoms with van der Waals surface area (Å²) in [7, 11) is 0. The lowest BCUT2D eigenvalue weighted by Gasteiger charge is -2.13. The normalized spacial score (nSPS) is 10.5. The molecule has 0 aliphatic rings. The molecule has 3 heteroatoms. The molecule has 2 rings (SSSR count). The maximum absolute atomic E-state index is 12.5. The van der Waals surface area contributed by atoms with Crippen LogP contribution in [0.1, 0.15) is 29.8 Å². The SMILES string of the molecule is CC(C)Oc1ccccc1C(=O)c1cccc(N)c1. The summed E-state index contributed by atoms with van der Waals surface area (Å²) in [5.74, 6) is 0.522. The Morgan fingerprint density at radius 3 is 2.53 bits per heavy atom. The van der Waals surface area contributed by atoms with E-state index < -0.39 is 0 Å². The molecule has 2 N–H and O–H groups in total. The van der Waals surface area contributed by atoms with Gasteiger partial charge in [0.15, 0.2) is 5.78 Å². The minimum atomic E-state index is -0.0800. The van der Waals surface area contributed by atoms with E-state index in [0.29, 0.717) is 22.6 Å². The van der Waals surface area contributed by atoms with Crippen LogP contribution in [0.25, 0.3) is 0 Å². The second kappa shape index (κ2) is 5.57. The van der Waals surface area contributed by atoms with Crippen molar-refractivity contribution in [2.24, 2.45) is 0 Å². The number of carbonyl (C=O) groups excluding carboxylic acids is 1. The summed E-state index contributed by atoms with van der Waals surface area (Å²) in [6, 6.07) is 14.2. The van der Waals surface area contributed by atoms with Gasteiger partial charge >= 0.3 is 0 Å². The fourth-order valence-corrected chi connectivity index (χ4v) is 1.85. The monoisotopic (exact) mass is 255 g/mol. The van der Waals surface area contributed by atoms with Crippen LogP contribution in [0.3, 0.4) is 0 Å². The van der Waals surface area contributed by atoms with Gasteiger partial charge in [-0.25, -0.2) is 0 Å². The van der Waals surface area contributed by atoms with Crippen molar-refractivity contribution in [3.8, 4) is 5.75 Å². The first kappa shape index (κ1) is 13.1. The fourth-order valence-electron chi connectivity index (χ4n) is 1.85. The minimum absolute atomic E-state index is 0.0230. The predicted octanol–water partition coefficient (Wildman–Crippen LogP) is 3.29. The topological polar surface area (TPSA) is 52.3 Å². The first-order valence-corrected chi connectivity index (χ1v) is 6.24. The van der Waals surface area contributed by atoms with Crippen LogP contribution in [0.15, 0.2) is 48.5 Å². The van der Waals surface area contributed by atoms with Crippen molar-refractivity contribution in [3.05, 3.63) is 59.7 Å². The first-order valence-electron chi connectivity index (χ1n) is 6.24. The molecule has 0 spiro atoms.